The van der Waals surface area contributed by atoms with Gasteiger partial charge in [0.1, 0.15) is 6.17 Å². The summed E-state index contributed by atoms with van der Waals surface area (Å²) in [6, 6.07) is 7.96. The molecule has 0 aromatic heterocycles. The van der Waals surface area contributed by atoms with Gasteiger partial charge >= 0.3 is 0 Å². The molecular weight excluding hydrogens is 284 g/mol. The Balaban J connectivity index is 2.31. The predicted molar refractivity (Wildman–Crippen MR) is 86.4 cm³/mol. The number of hydrogen-bond donors (Lipinski definition) is 1. The summed E-state index contributed by atoms with van der Waals surface area (Å²) in [5, 5.41) is 3.39. The third-order valence-electron chi connectivity index (χ3n) is 4.16. The molecule has 1 amide bonds. The van der Waals surface area contributed by atoms with Crippen molar-refractivity contribution in [1.29, 1.82) is 0 Å². The molecule has 1 N–H and O–H groups in total. The zero-order valence-corrected chi connectivity index (χ0v) is 13.9. The Labute approximate surface area is 129 Å². The minimum atomic E-state index is -0.933. The molecule has 0 radical (unpaired) electrons. The molecule has 1 aromatic carbocycles. The first-order chi connectivity index (χ1) is 9.95. The van der Waals surface area contributed by atoms with Gasteiger partial charge in [0.15, 0.2) is 0 Å². The van der Waals surface area contributed by atoms with Gasteiger partial charge in [0.25, 0.3) is 0 Å². The Morgan fingerprint density at radius 2 is 2.05 bits per heavy atom. The zero-order chi connectivity index (χ0) is 15.6. The van der Waals surface area contributed by atoms with Gasteiger partial charge in [-0.25, -0.2) is 0 Å². The lowest BCUT2D eigenvalue weighted by molar-refractivity contribution is -0.130. The number of amides is 1. The van der Waals surface area contributed by atoms with E-state index in [9.17, 15) is 9.00 Å². The second kappa shape index (κ2) is 6.71. The molecule has 4 atom stereocenters. The van der Waals surface area contributed by atoms with Crippen LogP contribution in [-0.2, 0) is 15.6 Å². The number of benzene rings is 1. The fourth-order valence-corrected chi connectivity index (χ4v) is 3.07. The van der Waals surface area contributed by atoms with Crippen LogP contribution in [0, 0.1) is 6.92 Å². The molecule has 0 aliphatic carbocycles. The third kappa shape index (κ3) is 3.35. The molecule has 1 aliphatic heterocycles. The molecule has 1 heterocycles. The highest BCUT2D eigenvalue weighted by atomic mass is 32.2. The zero-order valence-electron chi connectivity index (χ0n) is 13.1. The summed E-state index contributed by atoms with van der Waals surface area (Å²) in [6.45, 7) is 6.51. The molecule has 0 spiro atoms. The number of carbonyl (C=O) groups is 1. The van der Waals surface area contributed by atoms with E-state index in [1.807, 2.05) is 30.9 Å². The molecule has 1 aromatic rings. The van der Waals surface area contributed by atoms with Crippen LogP contribution in [0.1, 0.15) is 37.6 Å². The highest BCUT2D eigenvalue weighted by molar-refractivity contribution is 7.84. The number of hydrogen-bond acceptors (Lipinski definition) is 3. The lowest BCUT2D eigenvalue weighted by Crippen LogP contribution is -2.38. The van der Waals surface area contributed by atoms with Crippen LogP contribution in [0.4, 0.5) is 0 Å². The molecule has 4 nitrogen and oxygen atoms in total. The van der Waals surface area contributed by atoms with Gasteiger partial charge in [-0.15, -0.1) is 0 Å². The number of nitrogens with one attached hydrogen (secondary N) is 1. The van der Waals surface area contributed by atoms with Crippen molar-refractivity contribution < 1.29 is 9.00 Å². The summed E-state index contributed by atoms with van der Waals surface area (Å²) < 4.78 is 11.7. The maximum Gasteiger partial charge on any atom is 0.241 e. The second-order valence-electron chi connectivity index (χ2n) is 5.69. The van der Waals surface area contributed by atoms with Crippen molar-refractivity contribution in [3.8, 4) is 0 Å². The van der Waals surface area contributed by atoms with Crippen molar-refractivity contribution in [2.45, 2.75) is 44.6 Å². The van der Waals surface area contributed by atoms with E-state index < -0.39 is 10.8 Å². The van der Waals surface area contributed by atoms with Gasteiger partial charge < -0.3 is 4.90 Å². The first kappa shape index (κ1) is 16.2. The largest absolute Gasteiger partial charge is 0.320 e. The molecule has 1 saturated heterocycles. The van der Waals surface area contributed by atoms with Gasteiger partial charge in [0, 0.05) is 28.9 Å². The van der Waals surface area contributed by atoms with Gasteiger partial charge in [0.2, 0.25) is 5.91 Å². The van der Waals surface area contributed by atoms with Gasteiger partial charge in [-0.3, -0.25) is 14.3 Å². The molecule has 2 rings (SSSR count). The van der Waals surface area contributed by atoms with E-state index in [1.54, 1.807) is 6.26 Å². The van der Waals surface area contributed by atoms with Gasteiger partial charge in [0.05, 0.1) is 6.04 Å². The smallest absolute Gasteiger partial charge is 0.241 e. The molecule has 21 heavy (non-hydrogen) atoms. The van der Waals surface area contributed by atoms with Crippen molar-refractivity contribution in [2.75, 3.05) is 12.8 Å². The average molecular weight is 308 g/mol. The van der Waals surface area contributed by atoms with E-state index >= 15 is 0 Å². The quantitative estimate of drug-likeness (QED) is 0.905. The minimum absolute atomic E-state index is 0.0297. The summed E-state index contributed by atoms with van der Waals surface area (Å²) in [6.07, 6.45) is 2.34. The molecule has 4 unspecified atom stereocenters. The monoisotopic (exact) mass is 308 g/mol. The van der Waals surface area contributed by atoms with E-state index in [1.165, 1.54) is 0 Å². The van der Waals surface area contributed by atoms with Gasteiger partial charge in [-0.05, 0) is 31.4 Å². The normalized spacial score (nSPS) is 25.1. The summed E-state index contributed by atoms with van der Waals surface area (Å²) in [5.41, 5.74) is 2.28. The molecule has 0 saturated carbocycles. The molecule has 1 aliphatic rings. The van der Waals surface area contributed by atoms with E-state index in [0.29, 0.717) is 6.54 Å². The molecule has 1 fully saturated rings. The van der Waals surface area contributed by atoms with Crippen LogP contribution < -0.4 is 5.32 Å². The molecular formula is C16H24N2O2S. The Morgan fingerprint density at radius 1 is 1.38 bits per heavy atom. The fraction of sp³-hybridized carbons (Fsp3) is 0.562. The van der Waals surface area contributed by atoms with Crippen LogP contribution >= 0.6 is 0 Å². The SMILES string of the molecule is CCC1NC(c2ccccc2C)N(CC(C)S(C)=O)C1=O. The van der Waals surface area contributed by atoms with E-state index in [0.717, 1.165) is 17.5 Å². The van der Waals surface area contributed by atoms with Crippen molar-refractivity contribution in [3.63, 3.8) is 0 Å². The van der Waals surface area contributed by atoms with Gasteiger partial charge in [-0.2, -0.15) is 0 Å². The number of nitrogens with zero attached hydrogens (tertiary/aromatic N) is 1. The summed E-state index contributed by atoms with van der Waals surface area (Å²) >= 11 is 0. The Hall–Kier alpha value is -1.20. The topological polar surface area (TPSA) is 49.4 Å². The van der Waals surface area contributed by atoms with Crippen molar-refractivity contribution in [1.82, 2.24) is 10.2 Å². The Kier molecular flexibility index (Phi) is 5.17. The number of carbonyl (C=O) groups excluding carboxylic acids is 1. The van der Waals surface area contributed by atoms with Crippen LogP contribution in [-0.4, -0.2) is 39.1 Å². The number of rotatable bonds is 5. The van der Waals surface area contributed by atoms with Crippen molar-refractivity contribution in [3.05, 3.63) is 35.4 Å². The van der Waals surface area contributed by atoms with Gasteiger partial charge in [-0.1, -0.05) is 31.2 Å². The van der Waals surface area contributed by atoms with Crippen molar-refractivity contribution >= 4 is 16.7 Å². The third-order valence-corrected chi connectivity index (χ3v) is 5.45. The fourth-order valence-electron chi connectivity index (χ4n) is 2.70. The lowest BCUT2D eigenvalue weighted by Gasteiger charge is -2.27. The van der Waals surface area contributed by atoms with E-state index in [2.05, 4.69) is 24.4 Å². The van der Waals surface area contributed by atoms with Crippen LogP contribution in [0.3, 0.4) is 0 Å². The standard InChI is InChI=1S/C16H24N2O2S/c1-5-14-16(19)18(10-12(3)21(4)20)15(17-14)13-9-7-6-8-11(13)2/h6-9,12,14-15,17H,5,10H2,1-4H3. The van der Waals surface area contributed by atoms with E-state index in [-0.39, 0.29) is 23.4 Å². The highest BCUT2D eigenvalue weighted by Crippen LogP contribution is 2.29. The molecule has 116 valence electrons. The summed E-state index contributed by atoms with van der Waals surface area (Å²) in [4.78, 5) is 14.4. The first-order valence-electron chi connectivity index (χ1n) is 7.40. The van der Waals surface area contributed by atoms with Crippen LogP contribution in [0.15, 0.2) is 24.3 Å². The van der Waals surface area contributed by atoms with Crippen LogP contribution in [0.2, 0.25) is 0 Å². The van der Waals surface area contributed by atoms with Crippen LogP contribution in [0.5, 0.6) is 0 Å². The first-order valence-corrected chi connectivity index (χ1v) is 9.02. The molecule has 0 bridgehead atoms. The minimum Gasteiger partial charge on any atom is -0.320 e. The summed E-state index contributed by atoms with van der Waals surface area (Å²) in [5.74, 6) is 0.114. The van der Waals surface area contributed by atoms with Crippen LogP contribution in [0.25, 0.3) is 0 Å². The summed E-state index contributed by atoms with van der Waals surface area (Å²) in [7, 11) is -0.933. The lowest BCUT2D eigenvalue weighted by atomic mass is 10.1. The predicted octanol–water partition coefficient (Wildman–Crippen LogP) is 1.97. The Morgan fingerprint density at radius 3 is 2.62 bits per heavy atom. The molecule has 5 heteroatoms. The Bertz CT molecular complexity index is 547. The second-order valence-corrected chi connectivity index (χ2v) is 7.49. The van der Waals surface area contributed by atoms with E-state index in [4.69, 9.17) is 0 Å². The maximum absolute atomic E-state index is 12.6. The average Bonchev–Trinajstić information content (AvgIpc) is 2.76. The number of aryl methyl sites for hydroxylation is 1. The maximum atomic E-state index is 12.6. The van der Waals surface area contributed by atoms with Crippen molar-refractivity contribution in [2.24, 2.45) is 0 Å². The highest BCUT2D eigenvalue weighted by Gasteiger charge is 2.39.